The molecule has 0 bridgehead atoms. The summed E-state index contributed by atoms with van der Waals surface area (Å²) in [7, 11) is 0. The molecular weight excluding hydrogens is 230 g/mol. The molecule has 0 spiro atoms. The number of carbonyl (C=O) groups is 2. The summed E-state index contributed by atoms with van der Waals surface area (Å²) in [5.74, 6) is 0.564. The van der Waals surface area contributed by atoms with Crippen molar-refractivity contribution in [3.63, 3.8) is 0 Å². The van der Waals surface area contributed by atoms with Gasteiger partial charge >= 0.3 is 0 Å². The van der Waals surface area contributed by atoms with Crippen molar-refractivity contribution >= 4 is 11.8 Å². The monoisotopic (exact) mass is 253 g/mol. The lowest BCUT2D eigenvalue weighted by Crippen LogP contribution is -2.58. The fraction of sp³-hybridized carbons (Fsp3) is 0.846. The summed E-state index contributed by atoms with van der Waals surface area (Å²) < 4.78 is 0. The number of nitrogens with one attached hydrogen (secondary N) is 2. The summed E-state index contributed by atoms with van der Waals surface area (Å²) >= 11 is 0. The van der Waals surface area contributed by atoms with Gasteiger partial charge in [-0.2, -0.15) is 0 Å². The molecule has 2 saturated heterocycles. The van der Waals surface area contributed by atoms with Crippen LogP contribution < -0.4 is 10.6 Å². The summed E-state index contributed by atoms with van der Waals surface area (Å²) in [6, 6.07) is 0.328. The first kappa shape index (κ1) is 13.3. The van der Waals surface area contributed by atoms with Crippen molar-refractivity contribution in [1.29, 1.82) is 0 Å². The Labute approximate surface area is 108 Å². The smallest absolute Gasteiger partial charge is 0.225 e. The van der Waals surface area contributed by atoms with E-state index < -0.39 is 0 Å². The highest BCUT2D eigenvalue weighted by Gasteiger charge is 2.37. The van der Waals surface area contributed by atoms with Gasteiger partial charge in [-0.3, -0.25) is 9.59 Å². The van der Waals surface area contributed by atoms with Crippen LogP contribution in [0.15, 0.2) is 0 Å². The number of hydrogen-bond donors (Lipinski definition) is 2. The van der Waals surface area contributed by atoms with E-state index in [0.29, 0.717) is 24.9 Å². The molecule has 5 nitrogen and oxygen atoms in total. The Kier molecular flexibility index (Phi) is 3.90. The molecule has 2 N–H and O–H groups in total. The lowest BCUT2D eigenvalue weighted by molar-refractivity contribution is -0.130. The Morgan fingerprint density at radius 3 is 2.56 bits per heavy atom. The third-order valence-electron chi connectivity index (χ3n) is 4.12. The van der Waals surface area contributed by atoms with E-state index in [2.05, 4.69) is 10.6 Å². The maximum Gasteiger partial charge on any atom is 0.225 e. The zero-order valence-electron chi connectivity index (χ0n) is 11.4. The summed E-state index contributed by atoms with van der Waals surface area (Å²) in [4.78, 5) is 25.7. The van der Waals surface area contributed by atoms with E-state index in [4.69, 9.17) is 0 Å². The first-order valence-corrected chi connectivity index (χ1v) is 6.79. The fourth-order valence-corrected chi connectivity index (χ4v) is 2.31. The average Bonchev–Trinajstić information content (AvgIpc) is 2.56. The summed E-state index contributed by atoms with van der Waals surface area (Å²) in [6.45, 7) is 8.45. The minimum atomic E-state index is -0.00759. The van der Waals surface area contributed by atoms with Crippen LogP contribution in [0.4, 0.5) is 0 Å². The minimum absolute atomic E-state index is 0.000443. The fourth-order valence-electron chi connectivity index (χ4n) is 2.31. The van der Waals surface area contributed by atoms with Crippen LogP contribution in [-0.2, 0) is 9.59 Å². The van der Waals surface area contributed by atoms with Gasteiger partial charge < -0.3 is 15.5 Å². The van der Waals surface area contributed by atoms with E-state index in [0.717, 1.165) is 13.1 Å². The zero-order valence-corrected chi connectivity index (χ0v) is 11.4. The van der Waals surface area contributed by atoms with Gasteiger partial charge in [0.1, 0.15) is 0 Å². The Hall–Kier alpha value is -1.10. The van der Waals surface area contributed by atoms with Crippen molar-refractivity contribution in [1.82, 2.24) is 15.5 Å². The second kappa shape index (κ2) is 5.26. The molecule has 102 valence electrons. The van der Waals surface area contributed by atoms with Crippen molar-refractivity contribution in [2.45, 2.75) is 39.3 Å². The number of carbonyl (C=O) groups excluding carboxylic acids is 2. The highest BCUT2D eigenvalue weighted by Crippen LogP contribution is 2.18. The first-order chi connectivity index (χ1) is 8.49. The molecule has 0 aromatic heterocycles. The van der Waals surface area contributed by atoms with Crippen molar-refractivity contribution in [2.75, 3.05) is 19.6 Å². The Morgan fingerprint density at radius 2 is 2.06 bits per heavy atom. The molecule has 0 aromatic rings. The van der Waals surface area contributed by atoms with E-state index >= 15 is 0 Å². The standard InChI is InChI=1S/C13H23N3O2/c1-8(2)9(3)13(18)15-10-4-12(17)16(7-10)11-5-14-6-11/h8-11,14H,4-7H2,1-3H3,(H,15,18). The number of amides is 2. The van der Waals surface area contributed by atoms with Crippen LogP contribution in [0.3, 0.4) is 0 Å². The molecule has 0 radical (unpaired) electrons. The van der Waals surface area contributed by atoms with Crippen LogP contribution >= 0.6 is 0 Å². The number of hydrogen-bond acceptors (Lipinski definition) is 3. The lowest BCUT2D eigenvalue weighted by Gasteiger charge is -2.35. The molecule has 2 fully saturated rings. The van der Waals surface area contributed by atoms with Crippen LogP contribution in [0.1, 0.15) is 27.2 Å². The molecular formula is C13H23N3O2. The van der Waals surface area contributed by atoms with Crippen molar-refractivity contribution in [3.8, 4) is 0 Å². The van der Waals surface area contributed by atoms with Crippen LogP contribution in [-0.4, -0.2) is 48.4 Å². The van der Waals surface area contributed by atoms with Gasteiger partial charge in [0.25, 0.3) is 0 Å². The average molecular weight is 253 g/mol. The molecule has 0 saturated carbocycles. The maximum atomic E-state index is 12.0. The first-order valence-electron chi connectivity index (χ1n) is 6.79. The summed E-state index contributed by atoms with van der Waals surface area (Å²) in [5.41, 5.74) is 0. The molecule has 2 atom stereocenters. The van der Waals surface area contributed by atoms with E-state index in [-0.39, 0.29) is 23.8 Å². The largest absolute Gasteiger partial charge is 0.351 e. The molecule has 2 heterocycles. The summed E-state index contributed by atoms with van der Waals surface area (Å²) in [5, 5.41) is 6.17. The Bertz CT molecular complexity index is 339. The van der Waals surface area contributed by atoms with Crippen molar-refractivity contribution in [3.05, 3.63) is 0 Å². The second-order valence-electron chi connectivity index (χ2n) is 5.80. The quantitative estimate of drug-likeness (QED) is 0.739. The number of nitrogens with zero attached hydrogens (tertiary/aromatic N) is 1. The van der Waals surface area contributed by atoms with Gasteiger partial charge in [-0.05, 0) is 5.92 Å². The lowest BCUT2D eigenvalue weighted by atomic mass is 9.97. The highest BCUT2D eigenvalue weighted by molar-refractivity contribution is 5.83. The molecule has 2 unspecified atom stereocenters. The third kappa shape index (κ3) is 2.66. The van der Waals surface area contributed by atoms with Gasteiger partial charge in [0.05, 0.1) is 12.1 Å². The molecule has 0 aliphatic carbocycles. The molecule has 5 heteroatoms. The maximum absolute atomic E-state index is 12.0. The molecule has 0 aromatic carbocycles. The van der Waals surface area contributed by atoms with Crippen LogP contribution in [0, 0.1) is 11.8 Å². The predicted molar refractivity (Wildman–Crippen MR) is 68.9 cm³/mol. The molecule has 18 heavy (non-hydrogen) atoms. The summed E-state index contributed by atoms with van der Waals surface area (Å²) in [6.07, 6.45) is 0.451. The second-order valence-corrected chi connectivity index (χ2v) is 5.80. The Morgan fingerprint density at radius 1 is 1.39 bits per heavy atom. The van der Waals surface area contributed by atoms with Crippen molar-refractivity contribution < 1.29 is 9.59 Å². The molecule has 2 aliphatic heterocycles. The minimum Gasteiger partial charge on any atom is -0.351 e. The van der Waals surface area contributed by atoms with Gasteiger partial charge in [0.15, 0.2) is 0 Å². The number of likely N-dealkylation sites (tertiary alicyclic amines) is 1. The number of rotatable bonds is 4. The van der Waals surface area contributed by atoms with Crippen molar-refractivity contribution in [2.24, 2.45) is 11.8 Å². The molecule has 2 rings (SSSR count). The predicted octanol–water partition coefficient (Wildman–Crippen LogP) is -0.0326. The van der Waals surface area contributed by atoms with E-state index in [9.17, 15) is 9.59 Å². The van der Waals surface area contributed by atoms with Crippen LogP contribution in [0.5, 0.6) is 0 Å². The van der Waals surface area contributed by atoms with Gasteiger partial charge in [0, 0.05) is 32.0 Å². The normalized spacial score (nSPS) is 26.3. The van der Waals surface area contributed by atoms with E-state index in [1.54, 1.807) is 0 Å². The van der Waals surface area contributed by atoms with Crippen LogP contribution in [0.25, 0.3) is 0 Å². The topological polar surface area (TPSA) is 61.4 Å². The van der Waals surface area contributed by atoms with Gasteiger partial charge in [0.2, 0.25) is 11.8 Å². The van der Waals surface area contributed by atoms with Gasteiger partial charge in [-0.25, -0.2) is 0 Å². The van der Waals surface area contributed by atoms with Gasteiger partial charge in [-0.15, -0.1) is 0 Å². The SMILES string of the molecule is CC(C)C(C)C(=O)NC1CC(=O)N(C2CNC2)C1. The van der Waals surface area contributed by atoms with E-state index in [1.807, 2.05) is 25.7 Å². The zero-order chi connectivity index (χ0) is 13.3. The van der Waals surface area contributed by atoms with E-state index in [1.165, 1.54) is 0 Å². The highest BCUT2D eigenvalue weighted by atomic mass is 16.2. The molecule has 2 amide bonds. The van der Waals surface area contributed by atoms with Gasteiger partial charge in [-0.1, -0.05) is 20.8 Å². The third-order valence-corrected chi connectivity index (χ3v) is 4.12. The van der Waals surface area contributed by atoms with Crippen LogP contribution in [0.2, 0.25) is 0 Å². The molecule has 2 aliphatic rings. The Balaban J connectivity index is 1.84.